The lowest BCUT2D eigenvalue weighted by atomic mass is 10.1. The molecule has 17 heavy (non-hydrogen) atoms. The zero-order valence-corrected chi connectivity index (χ0v) is 10.3. The Hall–Kier alpha value is -1.36. The van der Waals surface area contributed by atoms with Gasteiger partial charge in [-0.3, -0.25) is 4.79 Å². The van der Waals surface area contributed by atoms with Crippen molar-refractivity contribution in [1.29, 1.82) is 0 Å². The summed E-state index contributed by atoms with van der Waals surface area (Å²) in [4.78, 5) is 20.8. The number of nitrogens with two attached hydrogens (primary N) is 1. The Kier molecular flexibility index (Phi) is 3.78. The second-order valence-corrected chi connectivity index (χ2v) is 4.61. The lowest BCUT2D eigenvalue weighted by Crippen LogP contribution is -2.31. The van der Waals surface area contributed by atoms with E-state index in [1.54, 1.807) is 6.07 Å². The number of H-pyrrole nitrogens is 1. The molecule has 0 aromatic carbocycles. The summed E-state index contributed by atoms with van der Waals surface area (Å²) in [5, 5.41) is 0. The molecule has 0 radical (unpaired) electrons. The molecule has 94 valence electrons. The van der Waals surface area contributed by atoms with Gasteiger partial charge in [-0.05, 0) is 39.2 Å². The Morgan fingerprint density at radius 1 is 1.65 bits per heavy atom. The minimum absolute atomic E-state index is 0.0722. The van der Waals surface area contributed by atoms with Gasteiger partial charge < -0.3 is 15.6 Å². The van der Waals surface area contributed by atoms with E-state index in [-0.39, 0.29) is 5.56 Å². The summed E-state index contributed by atoms with van der Waals surface area (Å²) in [5.74, 6) is 1.49. The first-order valence-corrected chi connectivity index (χ1v) is 6.25. The van der Waals surface area contributed by atoms with Crippen LogP contribution in [0.4, 0.5) is 5.82 Å². The summed E-state index contributed by atoms with van der Waals surface area (Å²) < 4.78 is 0. The van der Waals surface area contributed by atoms with Crippen molar-refractivity contribution in [2.75, 3.05) is 18.0 Å². The summed E-state index contributed by atoms with van der Waals surface area (Å²) in [6, 6.07) is 2.08. The van der Waals surface area contributed by atoms with E-state index in [2.05, 4.69) is 14.9 Å². The van der Waals surface area contributed by atoms with Gasteiger partial charge in [-0.1, -0.05) is 0 Å². The molecule has 0 saturated carbocycles. The molecule has 1 aliphatic heterocycles. The molecule has 1 aromatic heterocycles. The largest absolute Gasteiger partial charge is 0.353 e. The number of anilines is 1. The van der Waals surface area contributed by atoms with Crippen LogP contribution in [0, 0.1) is 6.92 Å². The molecule has 1 fully saturated rings. The van der Waals surface area contributed by atoms with Gasteiger partial charge in [0.1, 0.15) is 11.6 Å². The van der Waals surface area contributed by atoms with Crippen molar-refractivity contribution < 1.29 is 0 Å². The van der Waals surface area contributed by atoms with Crippen LogP contribution in [0.25, 0.3) is 0 Å². The Labute approximate surface area is 101 Å². The predicted octanol–water partition coefficient (Wildman–Crippen LogP) is 0.786. The molecule has 0 spiro atoms. The van der Waals surface area contributed by atoms with Crippen LogP contribution in [0.15, 0.2) is 10.9 Å². The number of hydrogen-bond acceptors (Lipinski definition) is 4. The lowest BCUT2D eigenvalue weighted by Gasteiger charge is -2.25. The molecule has 2 heterocycles. The van der Waals surface area contributed by atoms with Gasteiger partial charge in [0.15, 0.2) is 0 Å². The molecule has 1 aromatic rings. The highest BCUT2D eigenvalue weighted by molar-refractivity contribution is 5.40. The van der Waals surface area contributed by atoms with E-state index in [9.17, 15) is 4.79 Å². The number of rotatable bonds is 4. The van der Waals surface area contributed by atoms with E-state index in [1.807, 2.05) is 6.92 Å². The third-order valence-electron chi connectivity index (χ3n) is 3.26. The minimum Gasteiger partial charge on any atom is -0.353 e. The standard InChI is InChI=1S/C12H20N4O/c1-9-14-11(8-12(17)15-9)16-7-3-5-10(16)4-2-6-13/h8,10H,2-7,13H2,1H3,(H,14,15,17). The maximum atomic E-state index is 11.4. The van der Waals surface area contributed by atoms with Gasteiger partial charge in [-0.2, -0.15) is 0 Å². The fourth-order valence-corrected chi connectivity index (χ4v) is 2.50. The normalized spacial score (nSPS) is 19.9. The van der Waals surface area contributed by atoms with Crippen molar-refractivity contribution in [3.05, 3.63) is 22.2 Å². The highest BCUT2D eigenvalue weighted by Gasteiger charge is 2.25. The molecule has 5 nitrogen and oxygen atoms in total. The van der Waals surface area contributed by atoms with Gasteiger partial charge >= 0.3 is 0 Å². The number of hydrogen-bond donors (Lipinski definition) is 2. The van der Waals surface area contributed by atoms with Crippen molar-refractivity contribution >= 4 is 5.82 Å². The monoisotopic (exact) mass is 236 g/mol. The van der Waals surface area contributed by atoms with Crippen molar-refractivity contribution in [3.8, 4) is 0 Å². The third kappa shape index (κ3) is 2.85. The zero-order chi connectivity index (χ0) is 12.3. The quantitative estimate of drug-likeness (QED) is 0.810. The number of nitrogens with zero attached hydrogens (tertiary/aromatic N) is 2. The van der Waals surface area contributed by atoms with E-state index in [0.29, 0.717) is 11.9 Å². The molecule has 0 amide bonds. The Bertz CT molecular complexity index is 429. The van der Waals surface area contributed by atoms with E-state index in [4.69, 9.17) is 5.73 Å². The smallest absolute Gasteiger partial charge is 0.252 e. The molecular formula is C12H20N4O. The summed E-state index contributed by atoms with van der Waals surface area (Å²) in [6.45, 7) is 3.53. The average molecular weight is 236 g/mol. The van der Waals surface area contributed by atoms with Crippen molar-refractivity contribution in [2.24, 2.45) is 5.73 Å². The van der Waals surface area contributed by atoms with E-state index >= 15 is 0 Å². The molecule has 2 rings (SSSR count). The Balaban J connectivity index is 2.17. The molecule has 0 bridgehead atoms. The number of nitrogens with one attached hydrogen (secondary N) is 1. The molecule has 1 atom stereocenters. The fourth-order valence-electron chi connectivity index (χ4n) is 2.50. The van der Waals surface area contributed by atoms with Gasteiger partial charge in [0.05, 0.1) is 0 Å². The second-order valence-electron chi connectivity index (χ2n) is 4.61. The van der Waals surface area contributed by atoms with Crippen LogP contribution in [-0.2, 0) is 0 Å². The topological polar surface area (TPSA) is 75.0 Å². The van der Waals surface area contributed by atoms with E-state index < -0.39 is 0 Å². The van der Waals surface area contributed by atoms with Gasteiger partial charge in [-0.25, -0.2) is 4.98 Å². The summed E-state index contributed by atoms with van der Waals surface area (Å²) >= 11 is 0. The van der Waals surface area contributed by atoms with E-state index in [1.165, 1.54) is 12.8 Å². The fraction of sp³-hybridized carbons (Fsp3) is 0.667. The van der Waals surface area contributed by atoms with Crippen LogP contribution < -0.4 is 16.2 Å². The number of aromatic nitrogens is 2. The van der Waals surface area contributed by atoms with Crippen molar-refractivity contribution in [1.82, 2.24) is 9.97 Å². The van der Waals surface area contributed by atoms with Crippen LogP contribution in [0.1, 0.15) is 31.5 Å². The van der Waals surface area contributed by atoms with Crippen LogP contribution >= 0.6 is 0 Å². The van der Waals surface area contributed by atoms with Gasteiger partial charge in [0.25, 0.3) is 5.56 Å². The molecule has 1 aliphatic rings. The van der Waals surface area contributed by atoms with E-state index in [0.717, 1.165) is 31.7 Å². The molecule has 1 unspecified atom stereocenters. The van der Waals surface area contributed by atoms with Crippen LogP contribution in [0.3, 0.4) is 0 Å². The zero-order valence-electron chi connectivity index (χ0n) is 10.3. The summed E-state index contributed by atoms with van der Waals surface area (Å²) in [7, 11) is 0. The van der Waals surface area contributed by atoms with Crippen molar-refractivity contribution in [3.63, 3.8) is 0 Å². The maximum Gasteiger partial charge on any atom is 0.252 e. The predicted molar refractivity (Wildman–Crippen MR) is 68.3 cm³/mol. The maximum absolute atomic E-state index is 11.4. The van der Waals surface area contributed by atoms with Crippen LogP contribution in [0.2, 0.25) is 0 Å². The van der Waals surface area contributed by atoms with Gasteiger partial charge in [-0.15, -0.1) is 0 Å². The first-order valence-electron chi connectivity index (χ1n) is 6.25. The molecule has 1 saturated heterocycles. The molecular weight excluding hydrogens is 216 g/mol. The van der Waals surface area contributed by atoms with Gasteiger partial charge in [0.2, 0.25) is 0 Å². The number of aromatic amines is 1. The highest BCUT2D eigenvalue weighted by Crippen LogP contribution is 2.25. The minimum atomic E-state index is -0.0722. The van der Waals surface area contributed by atoms with Crippen molar-refractivity contribution in [2.45, 2.75) is 38.6 Å². The second kappa shape index (κ2) is 5.31. The lowest BCUT2D eigenvalue weighted by molar-refractivity contribution is 0.581. The first kappa shape index (κ1) is 12.1. The third-order valence-corrected chi connectivity index (χ3v) is 3.26. The summed E-state index contributed by atoms with van der Waals surface area (Å²) in [6.07, 6.45) is 4.46. The highest BCUT2D eigenvalue weighted by atomic mass is 16.1. The number of aryl methyl sites for hydroxylation is 1. The molecule has 5 heteroatoms. The van der Waals surface area contributed by atoms with Gasteiger partial charge in [0, 0.05) is 18.7 Å². The first-order chi connectivity index (χ1) is 8.20. The Morgan fingerprint density at radius 2 is 2.47 bits per heavy atom. The average Bonchev–Trinajstić information content (AvgIpc) is 2.73. The van der Waals surface area contributed by atoms with Crippen LogP contribution in [-0.4, -0.2) is 29.1 Å². The summed E-state index contributed by atoms with van der Waals surface area (Å²) in [5.41, 5.74) is 5.48. The molecule has 0 aliphatic carbocycles. The molecule has 3 N–H and O–H groups in total. The SMILES string of the molecule is Cc1nc(N2CCCC2CCCN)cc(=O)[nH]1. The Morgan fingerprint density at radius 3 is 3.18 bits per heavy atom. The van der Waals surface area contributed by atoms with Crippen LogP contribution in [0.5, 0.6) is 0 Å².